The number of aromatic nitrogens is 4. The maximum atomic E-state index is 11.4. The van der Waals surface area contributed by atoms with Crippen molar-refractivity contribution in [1.29, 1.82) is 0 Å². The number of hydrogen-bond donors (Lipinski definition) is 2. The van der Waals surface area contributed by atoms with Gasteiger partial charge in [-0.05, 0) is 76.9 Å². The smallest absolute Gasteiger partial charge is 0.150 e. The SMILES string of the molecule is O=Cc1ccc(C#CC2=Cc3nc2c(-c2ccccc2)c2ccc([nH]2)c(-c2ccccc2)c2nc(c(-c4ccccc4)c4ccc([nH]4)c3-c3ccccc3)C=C2)cc1. The van der Waals surface area contributed by atoms with E-state index in [-0.39, 0.29) is 0 Å². The monoisotopic (exact) mass is 742 g/mol. The van der Waals surface area contributed by atoms with Crippen molar-refractivity contribution < 1.29 is 4.79 Å². The summed E-state index contributed by atoms with van der Waals surface area (Å²) in [4.78, 5) is 30.0. The van der Waals surface area contributed by atoms with E-state index in [9.17, 15) is 4.79 Å². The van der Waals surface area contributed by atoms with Gasteiger partial charge in [-0.1, -0.05) is 145 Å². The second-order valence-electron chi connectivity index (χ2n) is 14.1. The second kappa shape index (κ2) is 14.9. The van der Waals surface area contributed by atoms with Crippen LogP contribution in [0.2, 0.25) is 0 Å². The first-order valence-electron chi connectivity index (χ1n) is 19.2. The topological polar surface area (TPSA) is 74.4 Å². The van der Waals surface area contributed by atoms with E-state index in [0.29, 0.717) is 5.56 Å². The summed E-state index contributed by atoms with van der Waals surface area (Å²) in [6, 6.07) is 57.5. The Kier molecular flexibility index (Phi) is 8.83. The van der Waals surface area contributed by atoms with E-state index in [1.165, 1.54) is 0 Å². The lowest BCUT2D eigenvalue weighted by Gasteiger charge is -2.07. The standard InChI is InChI=1S/C53H34N4O/c58-34-36-23-21-35(22-24-36)25-26-41-33-48-51(39-17-9-3-10-18-39)46-30-29-44(55-46)49(37-13-5-1-6-14-37)42-27-28-43(54-42)50(38-15-7-2-8-16-38)45-31-32-47(56-45)52(53(41)57-48)40-19-11-4-12-20-40/h1-24,27-34,55-56H. The van der Waals surface area contributed by atoms with Crippen LogP contribution in [-0.4, -0.2) is 26.2 Å². The lowest BCUT2D eigenvalue weighted by molar-refractivity contribution is 0.112. The van der Waals surface area contributed by atoms with Gasteiger partial charge in [0.1, 0.15) is 6.29 Å². The van der Waals surface area contributed by atoms with Crippen molar-refractivity contribution in [3.8, 4) is 56.3 Å². The molecule has 0 spiro atoms. The van der Waals surface area contributed by atoms with Gasteiger partial charge in [0.05, 0.1) is 28.3 Å². The third-order valence-electron chi connectivity index (χ3n) is 10.5. The van der Waals surface area contributed by atoms with Gasteiger partial charge in [0.25, 0.3) is 0 Å². The van der Waals surface area contributed by atoms with Gasteiger partial charge in [0.2, 0.25) is 0 Å². The van der Waals surface area contributed by atoms with Crippen molar-refractivity contribution in [2.75, 3.05) is 0 Å². The van der Waals surface area contributed by atoms with Crippen molar-refractivity contribution in [1.82, 2.24) is 19.9 Å². The minimum Gasteiger partial charge on any atom is -0.354 e. The average molecular weight is 743 g/mol. The first-order valence-corrected chi connectivity index (χ1v) is 19.2. The number of hydrogen-bond acceptors (Lipinski definition) is 3. The zero-order valence-corrected chi connectivity index (χ0v) is 31.3. The van der Waals surface area contributed by atoms with Crippen LogP contribution in [0.4, 0.5) is 0 Å². The summed E-state index contributed by atoms with van der Waals surface area (Å²) < 4.78 is 0. The summed E-state index contributed by atoms with van der Waals surface area (Å²) in [5, 5.41) is 0. The number of allylic oxidation sites excluding steroid dienone is 1. The molecule has 0 radical (unpaired) electrons. The first-order chi connectivity index (χ1) is 28.7. The van der Waals surface area contributed by atoms with Crippen molar-refractivity contribution >= 4 is 52.2 Å². The number of fused-ring (bicyclic) bond motifs is 8. The molecule has 8 bridgehead atoms. The Morgan fingerprint density at radius 1 is 0.414 bits per heavy atom. The molecule has 3 aromatic heterocycles. The molecule has 10 rings (SSSR count). The average Bonchev–Trinajstić information content (AvgIpc) is 4.12. The zero-order valence-electron chi connectivity index (χ0n) is 31.3. The van der Waals surface area contributed by atoms with Gasteiger partial charge in [-0.15, -0.1) is 0 Å². The Balaban J connectivity index is 1.39. The van der Waals surface area contributed by atoms with Crippen molar-refractivity contribution in [3.63, 3.8) is 0 Å². The minimum absolute atomic E-state index is 0.606. The molecule has 0 aliphatic carbocycles. The number of carbonyl (C=O) groups is 1. The molecule has 0 saturated carbocycles. The molecule has 5 nitrogen and oxygen atoms in total. The van der Waals surface area contributed by atoms with Crippen LogP contribution < -0.4 is 0 Å². The number of nitrogens with zero attached hydrogens (tertiary/aromatic N) is 2. The van der Waals surface area contributed by atoms with E-state index >= 15 is 0 Å². The van der Waals surface area contributed by atoms with E-state index in [4.69, 9.17) is 9.97 Å². The summed E-state index contributed by atoms with van der Waals surface area (Å²) in [5.41, 5.74) is 17.1. The molecule has 0 unspecified atom stereocenters. The predicted octanol–water partition coefficient (Wildman–Crippen LogP) is 12.6. The highest BCUT2D eigenvalue weighted by Gasteiger charge is 2.22. The van der Waals surface area contributed by atoms with Gasteiger partial charge >= 0.3 is 0 Å². The number of rotatable bonds is 5. The Bertz CT molecular complexity index is 3150. The molecule has 2 aliphatic rings. The van der Waals surface area contributed by atoms with E-state index in [1.807, 2.05) is 36.4 Å². The summed E-state index contributed by atoms with van der Waals surface area (Å²) in [6.07, 6.45) is 7.18. The lowest BCUT2D eigenvalue weighted by atomic mass is 9.99. The quantitative estimate of drug-likeness (QED) is 0.136. The molecule has 272 valence electrons. The lowest BCUT2D eigenvalue weighted by Crippen LogP contribution is -1.90. The van der Waals surface area contributed by atoms with Crippen molar-refractivity contribution in [3.05, 3.63) is 204 Å². The molecule has 5 heterocycles. The van der Waals surface area contributed by atoms with Crippen molar-refractivity contribution in [2.45, 2.75) is 0 Å². The molecule has 0 fully saturated rings. The van der Waals surface area contributed by atoms with E-state index in [0.717, 1.165) is 107 Å². The molecule has 2 aliphatic heterocycles. The van der Waals surface area contributed by atoms with Crippen molar-refractivity contribution in [2.24, 2.45) is 0 Å². The fourth-order valence-electron chi connectivity index (χ4n) is 7.79. The van der Waals surface area contributed by atoms with Gasteiger partial charge in [0.15, 0.2) is 0 Å². The molecule has 5 aromatic carbocycles. The molecule has 5 heteroatoms. The van der Waals surface area contributed by atoms with Crippen LogP contribution in [0.25, 0.3) is 90.4 Å². The number of H-pyrrole nitrogens is 2. The molecular formula is C53H34N4O. The van der Waals surface area contributed by atoms with Gasteiger partial charge in [-0.25, -0.2) is 9.97 Å². The summed E-state index contributed by atoms with van der Waals surface area (Å²) in [6.45, 7) is 0. The highest BCUT2D eigenvalue weighted by molar-refractivity contribution is 6.05. The third kappa shape index (κ3) is 6.45. The van der Waals surface area contributed by atoms with Crippen LogP contribution in [0.5, 0.6) is 0 Å². The molecule has 0 amide bonds. The van der Waals surface area contributed by atoms with E-state index in [1.54, 1.807) is 12.1 Å². The van der Waals surface area contributed by atoms with Crippen LogP contribution in [0.15, 0.2) is 170 Å². The van der Waals surface area contributed by atoms with Crippen LogP contribution in [0.3, 0.4) is 0 Å². The minimum atomic E-state index is 0.606. The Hall–Kier alpha value is -8.07. The maximum absolute atomic E-state index is 11.4. The van der Waals surface area contributed by atoms with Gasteiger partial charge in [-0.3, -0.25) is 4.79 Å². The van der Waals surface area contributed by atoms with E-state index < -0.39 is 0 Å². The fraction of sp³-hybridized carbons (Fsp3) is 0. The summed E-state index contributed by atoms with van der Waals surface area (Å²) >= 11 is 0. The fourth-order valence-corrected chi connectivity index (χ4v) is 7.79. The molecular weight excluding hydrogens is 709 g/mol. The number of benzene rings is 5. The molecule has 0 atom stereocenters. The second-order valence-corrected chi connectivity index (χ2v) is 14.1. The predicted molar refractivity (Wildman–Crippen MR) is 238 cm³/mol. The summed E-state index contributed by atoms with van der Waals surface area (Å²) in [5.74, 6) is 6.89. The Morgan fingerprint density at radius 2 is 0.828 bits per heavy atom. The normalized spacial score (nSPS) is 11.8. The van der Waals surface area contributed by atoms with Gasteiger partial charge < -0.3 is 9.97 Å². The number of nitrogens with one attached hydrogen (secondary N) is 2. The largest absolute Gasteiger partial charge is 0.354 e. The molecule has 0 saturated heterocycles. The summed E-state index contributed by atoms with van der Waals surface area (Å²) in [7, 11) is 0. The molecule has 8 aromatic rings. The van der Waals surface area contributed by atoms with Crippen LogP contribution in [0.1, 0.15) is 38.7 Å². The van der Waals surface area contributed by atoms with Crippen LogP contribution >= 0.6 is 0 Å². The zero-order chi connectivity index (χ0) is 38.8. The molecule has 58 heavy (non-hydrogen) atoms. The van der Waals surface area contributed by atoms with Crippen LogP contribution in [-0.2, 0) is 0 Å². The Morgan fingerprint density at radius 3 is 1.28 bits per heavy atom. The van der Waals surface area contributed by atoms with Gasteiger partial charge in [-0.2, -0.15) is 0 Å². The number of aldehydes is 1. The maximum Gasteiger partial charge on any atom is 0.150 e. The number of aromatic amines is 2. The Labute approximate surface area is 335 Å². The highest BCUT2D eigenvalue weighted by Crippen LogP contribution is 2.40. The number of carbonyl (C=O) groups excluding carboxylic acids is 1. The van der Waals surface area contributed by atoms with Crippen LogP contribution in [0, 0.1) is 11.8 Å². The first kappa shape index (κ1) is 34.4. The molecule has 2 N–H and O–H groups in total. The van der Waals surface area contributed by atoms with E-state index in [2.05, 4.69) is 161 Å². The highest BCUT2D eigenvalue weighted by atomic mass is 16.1. The third-order valence-corrected chi connectivity index (χ3v) is 10.5. The van der Waals surface area contributed by atoms with Gasteiger partial charge in [0, 0.05) is 55.4 Å².